The molecule has 2 aromatic rings. The number of anilines is 1. The summed E-state index contributed by atoms with van der Waals surface area (Å²) in [6, 6.07) is 6.66. The van der Waals surface area contributed by atoms with Crippen LogP contribution in [0.5, 0.6) is 0 Å². The van der Waals surface area contributed by atoms with Crippen molar-refractivity contribution in [2.75, 3.05) is 18.4 Å². The van der Waals surface area contributed by atoms with E-state index in [9.17, 15) is 18.4 Å². The number of aromatic nitrogens is 1. The second-order valence-electron chi connectivity index (χ2n) is 6.03. The second kappa shape index (κ2) is 7.66. The van der Waals surface area contributed by atoms with Gasteiger partial charge >= 0.3 is 12.1 Å². The van der Waals surface area contributed by atoms with Gasteiger partial charge in [-0.1, -0.05) is 0 Å². The maximum atomic E-state index is 10.6. The number of aryl methyl sites for hydroxylation is 2. The third kappa shape index (κ3) is 4.26. The van der Waals surface area contributed by atoms with Crippen molar-refractivity contribution in [3.8, 4) is 6.07 Å². The van der Waals surface area contributed by atoms with Crippen molar-refractivity contribution in [3.63, 3.8) is 0 Å². The van der Waals surface area contributed by atoms with Crippen molar-refractivity contribution in [3.05, 3.63) is 29.0 Å². The van der Waals surface area contributed by atoms with Gasteiger partial charge in [0.2, 0.25) is 0 Å². The van der Waals surface area contributed by atoms with Crippen molar-refractivity contribution in [1.82, 2.24) is 10.3 Å². The Morgan fingerprint density at radius 2 is 2.04 bits per heavy atom. The van der Waals surface area contributed by atoms with Crippen molar-refractivity contribution in [2.45, 2.75) is 32.5 Å². The molecule has 4 N–H and O–H groups in total. The summed E-state index contributed by atoms with van der Waals surface area (Å²) in [6.07, 6.45) is -3.94. The smallest absolute Gasteiger partial charge is 0.475 e. The Kier molecular flexibility index (Phi) is 5.77. The highest BCUT2D eigenvalue weighted by Crippen LogP contribution is 2.31. The zero-order valence-corrected chi connectivity index (χ0v) is 14.3. The first-order chi connectivity index (χ1) is 12.1. The van der Waals surface area contributed by atoms with Gasteiger partial charge in [0.1, 0.15) is 6.07 Å². The van der Waals surface area contributed by atoms with Crippen LogP contribution in [0.25, 0.3) is 10.9 Å². The standard InChI is InChI=1S/C15H18N4.C2HF3O2/c1-9-10(2)18-15-11(7-16)3-4-13(14(9)15)19-12-5-6-17-8-12;3-2(4,5)1(6)7/h3-4,12,17-19H,5-6,8H2,1-2H3;(H,6,7)/t12-;/m0./s1. The molecule has 0 aliphatic carbocycles. The summed E-state index contributed by atoms with van der Waals surface area (Å²) in [5.74, 6) is -2.76. The van der Waals surface area contributed by atoms with Crippen LogP contribution in [0.3, 0.4) is 0 Å². The number of benzene rings is 1. The highest BCUT2D eigenvalue weighted by molar-refractivity contribution is 5.99. The first kappa shape index (κ1) is 19.6. The molecule has 1 aromatic heterocycles. The Morgan fingerprint density at radius 1 is 1.38 bits per heavy atom. The predicted octanol–water partition coefficient (Wildman–Crippen LogP) is 3.06. The summed E-state index contributed by atoms with van der Waals surface area (Å²) in [5.41, 5.74) is 5.14. The molecule has 1 aromatic carbocycles. The van der Waals surface area contributed by atoms with Gasteiger partial charge in [-0.3, -0.25) is 0 Å². The lowest BCUT2D eigenvalue weighted by Crippen LogP contribution is -2.22. The summed E-state index contributed by atoms with van der Waals surface area (Å²) in [5, 5.41) is 24.4. The van der Waals surface area contributed by atoms with E-state index < -0.39 is 12.1 Å². The molecule has 0 unspecified atom stereocenters. The molecular weight excluding hydrogens is 349 g/mol. The van der Waals surface area contributed by atoms with E-state index in [1.54, 1.807) is 0 Å². The van der Waals surface area contributed by atoms with Crippen LogP contribution < -0.4 is 10.6 Å². The molecule has 1 fully saturated rings. The van der Waals surface area contributed by atoms with Gasteiger partial charge in [-0.05, 0) is 44.5 Å². The number of fused-ring (bicyclic) bond motifs is 1. The van der Waals surface area contributed by atoms with E-state index in [0.29, 0.717) is 11.6 Å². The lowest BCUT2D eigenvalue weighted by atomic mass is 10.1. The van der Waals surface area contributed by atoms with E-state index in [-0.39, 0.29) is 0 Å². The number of carboxylic acid groups (broad SMARTS) is 1. The van der Waals surface area contributed by atoms with E-state index in [0.717, 1.165) is 41.8 Å². The number of carbonyl (C=O) groups is 1. The van der Waals surface area contributed by atoms with Crippen molar-refractivity contribution in [1.29, 1.82) is 5.26 Å². The molecule has 1 atom stereocenters. The van der Waals surface area contributed by atoms with Gasteiger partial charge in [-0.15, -0.1) is 0 Å². The molecule has 9 heteroatoms. The molecule has 0 amide bonds. The summed E-state index contributed by atoms with van der Waals surface area (Å²) < 4.78 is 31.7. The lowest BCUT2D eigenvalue weighted by Gasteiger charge is -2.14. The number of halogens is 3. The fourth-order valence-electron chi connectivity index (χ4n) is 2.80. The molecule has 1 saturated heterocycles. The van der Waals surface area contributed by atoms with Crippen molar-refractivity contribution >= 4 is 22.6 Å². The molecule has 1 aliphatic rings. The number of nitrogens with one attached hydrogen (secondary N) is 3. The molecule has 3 rings (SSSR count). The fraction of sp³-hybridized carbons (Fsp3) is 0.412. The molecule has 2 heterocycles. The number of hydrogen-bond acceptors (Lipinski definition) is 4. The average molecular weight is 368 g/mol. The Bertz CT molecular complexity index is 846. The van der Waals surface area contributed by atoms with Gasteiger partial charge in [0.05, 0.1) is 11.1 Å². The third-order valence-electron chi connectivity index (χ3n) is 4.24. The predicted molar refractivity (Wildman–Crippen MR) is 91.1 cm³/mol. The third-order valence-corrected chi connectivity index (χ3v) is 4.24. The number of nitrogens with zero attached hydrogens (tertiary/aromatic N) is 1. The van der Waals surface area contributed by atoms with E-state index >= 15 is 0 Å². The summed E-state index contributed by atoms with van der Waals surface area (Å²) >= 11 is 0. The van der Waals surface area contributed by atoms with Gasteiger partial charge in [-0.25, -0.2) is 4.79 Å². The van der Waals surface area contributed by atoms with Crippen LogP contribution in [0.1, 0.15) is 23.2 Å². The number of H-pyrrole nitrogens is 1. The number of carboxylic acids is 1. The number of alkyl halides is 3. The maximum Gasteiger partial charge on any atom is 0.490 e. The molecule has 26 heavy (non-hydrogen) atoms. The molecule has 0 bridgehead atoms. The van der Waals surface area contributed by atoms with E-state index in [1.165, 1.54) is 5.56 Å². The number of aromatic amines is 1. The van der Waals surface area contributed by atoms with Crippen LogP contribution in [0.15, 0.2) is 12.1 Å². The van der Waals surface area contributed by atoms with E-state index in [2.05, 4.69) is 35.5 Å². The minimum atomic E-state index is -5.08. The largest absolute Gasteiger partial charge is 0.490 e. The summed E-state index contributed by atoms with van der Waals surface area (Å²) in [6.45, 7) is 6.23. The van der Waals surface area contributed by atoms with Crippen LogP contribution in [0.4, 0.5) is 18.9 Å². The van der Waals surface area contributed by atoms with Gasteiger partial charge in [0.25, 0.3) is 0 Å². The summed E-state index contributed by atoms with van der Waals surface area (Å²) in [7, 11) is 0. The molecule has 140 valence electrons. The molecular formula is C17H19F3N4O2. The van der Waals surface area contributed by atoms with Gasteiger partial charge < -0.3 is 20.7 Å². The Balaban J connectivity index is 0.000000298. The van der Waals surface area contributed by atoms with Crippen molar-refractivity contribution in [2.24, 2.45) is 0 Å². The molecule has 0 spiro atoms. The topological polar surface area (TPSA) is 101 Å². The first-order valence-corrected chi connectivity index (χ1v) is 7.94. The van der Waals surface area contributed by atoms with E-state index in [4.69, 9.17) is 9.90 Å². The Morgan fingerprint density at radius 3 is 2.54 bits per heavy atom. The maximum absolute atomic E-state index is 10.6. The van der Waals surface area contributed by atoms with Crippen LogP contribution >= 0.6 is 0 Å². The molecule has 1 aliphatic heterocycles. The lowest BCUT2D eigenvalue weighted by molar-refractivity contribution is -0.192. The number of aliphatic carboxylic acids is 1. The SMILES string of the molecule is Cc1[nH]c2c(C#N)ccc(N[C@H]3CCNC3)c2c1C.O=C(O)C(F)(F)F. The number of hydrogen-bond donors (Lipinski definition) is 4. The summed E-state index contributed by atoms with van der Waals surface area (Å²) in [4.78, 5) is 12.2. The quantitative estimate of drug-likeness (QED) is 0.653. The Hall–Kier alpha value is -2.73. The highest BCUT2D eigenvalue weighted by Gasteiger charge is 2.38. The number of rotatable bonds is 2. The molecule has 0 radical (unpaired) electrons. The monoisotopic (exact) mass is 368 g/mol. The van der Waals surface area contributed by atoms with Crippen molar-refractivity contribution < 1.29 is 23.1 Å². The minimum Gasteiger partial charge on any atom is -0.475 e. The normalized spacial score (nSPS) is 16.7. The van der Waals surface area contributed by atoms with Gasteiger partial charge in [0, 0.05) is 29.4 Å². The van der Waals surface area contributed by atoms with Crippen LogP contribution in [-0.2, 0) is 4.79 Å². The molecule has 6 nitrogen and oxygen atoms in total. The minimum absolute atomic E-state index is 0.478. The highest BCUT2D eigenvalue weighted by atomic mass is 19.4. The van der Waals surface area contributed by atoms with Gasteiger partial charge in [-0.2, -0.15) is 18.4 Å². The Labute approximate surface area is 148 Å². The zero-order valence-electron chi connectivity index (χ0n) is 14.3. The second-order valence-corrected chi connectivity index (χ2v) is 6.03. The fourth-order valence-corrected chi connectivity index (χ4v) is 2.80. The molecule has 0 saturated carbocycles. The van der Waals surface area contributed by atoms with Crippen LogP contribution in [0.2, 0.25) is 0 Å². The zero-order chi connectivity index (χ0) is 19.5. The first-order valence-electron chi connectivity index (χ1n) is 7.94. The van der Waals surface area contributed by atoms with Crippen LogP contribution in [-0.4, -0.2) is 41.4 Å². The average Bonchev–Trinajstić information content (AvgIpc) is 3.17. The number of nitriles is 1. The van der Waals surface area contributed by atoms with Gasteiger partial charge in [0.15, 0.2) is 0 Å². The van der Waals surface area contributed by atoms with Crippen LogP contribution in [0, 0.1) is 25.2 Å². The van der Waals surface area contributed by atoms with E-state index in [1.807, 2.05) is 12.1 Å².